The van der Waals surface area contributed by atoms with Gasteiger partial charge in [0.2, 0.25) is 5.91 Å². The Labute approximate surface area is 129 Å². The third-order valence-electron chi connectivity index (χ3n) is 3.80. The van der Waals surface area contributed by atoms with Crippen molar-refractivity contribution < 1.29 is 4.79 Å². The van der Waals surface area contributed by atoms with Gasteiger partial charge in [-0.2, -0.15) is 0 Å². The number of nitrogens with zero attached hydrogens (tertiary/aromatic N) is 2. The maximum Gasteiger partial charge on any atom is 0.230 e. The Hall–Kier alpha value is -1.26. The molecule has 1 fully saturated rings. The lowest BCUT2D eigenvalue weighted by Crippen LogP contribution is -2.48. The van der Waals surface area contributed by atoms with Gasteiger partial charge in [0, 0.05) is 26.2 Å². The third kappa shape index (κ3) is 5.21. The molecule has 1 saturated carbocycles. The van der Waals surface area contributed by atoms with Crippen LogP contribution in [0.1, 0.15) is 53.4 Å². The molecule has 0 bridgehead atoms. The Balaban J connectivity index is 2.86. The maximum atomic E-state index is 12.5. The van der Waals surface area contributed by atoms with Crippen molar-refractivity contribution in [3.05, 3.63) is 0 Å². The van der Waals surface area contributed by atoms with Crippen molar-refractivity contribution in [3.63, 3.8) is 0 Å². The van der Waals surface area contributed by atoms with Crippen molar-refractivity contribution in [3.8, 4) is 0 Å². The minimum Gasteiger partial charge on any atom is -0.357 e. The van der Waals surface area contributed by atoms with Crippen LogP contribution in [0.3, 0.4) is 0 Å². The fourth-order valence-corrected chi connectivity index (χ4v) is 2.86. The Morgan fingerprint density at radius 2 is 1.81 bits per heavy atom. The van der Waals surface area contributed by atoms with Gasteiger partial charge in [0.1, 0.15) is 0 Å². The first kappa shape index (κ1) is 17.8. The summed E-state index contributed by atoms with van der Waals surface area (Å²) in [5, 5.41) is 6.64. The van der Waals surface area contributed by atoms with Crippen LogP contribution in [-0.4, -0.2) is 49.5 Å². The highest BCUT2D eigenvalue weighted by molar-refractivity contribution is 5.84. The van der Waals surface area contributed by atoms with E-state index in [1.54, 1.807) is 4.90 Å². The zero-order valence-electron chi connectivity index (χ0n) is 14.5. The summed E-state index contributed by atoms with van der Waals surface area (Å²) in [4.78, 5) is 19.0. The SMILES string of the molecule is CCNC(=NCC1(C(=O)N(C)C)CCCC1)NC(C)(C)C. The Bertz CT molecular complexity index is 376. The molecule has 5 nitrogen and oxygen atoms in total. The Kier molecular flexibility index (Phi) is 6.05. The number of hydrogen-bond donors (Lipinski definition) is 2. The summed E-state index contributed by atoms with van der Waals surface area (Å²) in [7, 11) is 3.68. The van der Waals surface area contributed by atoms with Crippen LogP contribution in [0.15, 0.2) is 4.99 Å². The molecule has 0 unspecified atom stereocenters. The second-order valence-corrected chi connectivity index (χ2v) is 7.26. The number of hydrogen-bond acceptors (Lipinski definition) is 2. The van der Waals surface area contributed by atoms with Crippen molar-refractivity contribution in [1.82, 2.24) is 15.5 Å². The number of carbonyl (C=O) groups is 1. The van der Waals surface area contributed by atoms with Crippen LogP contribution in [0, 0.1) is 5.41 Å². The first-order valence-electron chi connectivity index (χ1n) is 7.98. The van der Waals surface area contributed by atoms with Gasteiger partial charge in [-0.25, -0.2) is 0 Å². The minimum absolute atomic E-state index is 0.0462. The van der Waals surface area contributed by atoms with Crippen LogP contribution in [-0.2, 0) is 4.79 Å². The van der Waals surface area contributed by atoms with Crippen molar-refractivity contribution in [1.29, 1.82) is 0 Å². The lowest BCUT2D eigenvalue weighted by Gasteiger charge is -2.30. The number of nitrogens with one attached hydrogen (secondary N) is 2. The summed E-state index contributed by atoms with van der Waals surface area (Å²) in [5.41, 5.74) is -0.348. The van der Waals surface area contributed by atoms with Gasteiger partial charge < -0.3 is 15.5 Å². The highest BCUT2D eigenvalue weighted by Gasteiger charge is 2.42. The van der Waals surface area contributed by atoms with E-state index in [-0.39, 0.29) is 16.9 Å². The summed E-state index contributed by atoms with van der Waals surface area (Å²) >= 11 is 0. The monoisotopic (exact) mass is 296 g/mol. The van der Waals surface area contributed by atoms with Crippen molar-refractivity contribution in [2.24, 2.45) is 10.4 Å². The van der Waals surface area contributed by atoms with E-state index < -0.39 is 0 Å². The highest BCUT2D eigenvalue weighted by Crippen LogP contribution is 2.39. The standard InChI is InChI=1S/C16H32N4O/c1-7-17-14(19-15(2,3)4)18-12-16(10-8-9-11-16)13(21)20(5)6/h7-12H2,1-6H3,(H2,17,18,19). The quantitative estimate of drug-likeness (QED) is 0.616. The van der Waals surface area contributed by atoms with Gasteiger partial charge in [0.05, 0.1) is 12.0 Å². The fraction of sp³-hybridized carbons (Fsp3) is 0.875. The van der Waals surface area contributed by atoms with Gasteiger partial charge >= 0.3 is 0 Å². The molecule has 0 aromatic carbocycles. The van der Waals surface area contributed by atoms with Crippen molar-refractivity contribution in [2.75, 3.05) is 27.2 Å². The molecule has 1 aliphatic carbocycles. The molecule has 0 spiro atoms. The highest BCUT2D eigenvalue weighted by atomic mass is 16.2. The zero-order valence-corrected chi connectivity index (χ0v) is 14.5. The topological polar surface area (TPSA) is 56.7 Å². The predicted molar refractivity (Wildman–Crippen MR) is 88.5 cm³/mol. The van der Waals surface area contributed by atoms with E-state index >= 15 is 0 Å². The molecule has 0 aromatic heterocycles. The van der Waals surface area contributed by atoms with E-state index in [0.717, 1.165) is 38.2 Å². The molecule has 21 heavy (non-hydrogen) atoms. The molecule has 0 radical (unpaired) electrons. The predicted octanol–water partition coefficient (Wildman–Crippen LogP) is 1.99. The number of carbonyl (C=O) groups excluding carboxylic acids is 1. The molecule has 0 aromatic rings. The summed E-state index contributed by atoms with van der Waals surface area (Å²) in [6, 6.07) is 0. The molecule has 0 aliphatic heterocycles. The second kappa shape index (κ2) is 7.14. The molecular weight excluding hydrogens is 264 g/mol. The second-order valence-electron chi connectivity index (χ2n) is 7.26. The van der Waals surface area contributed by atoms with Gasteiger partial charge in [-0.1, -0.05) is 12.8 Å². The summed E-state index contributed by atoms with van der Waals surface area (Å²) in [5.74, 6) is 1.01. The maximum absolute atomic E-state index is 12.5. The molecule has 1 amide bonds. The Morgan fingerprint density at radius 3 is 2.24 bits per heavy atom. The molecule has 122 valence electrons. The summed E-state index contributed by atoms with van der Waals surface area (Å²) in [6.07, 6.45) is 4.14. The van der Waals surface area contributed by atoms with E-state index in [2.05, 4.69) is 38.3 Å². The van der Waals surface area contributed by atoms with Crippen LogP contribution in [0.2, 0.25) is 0 Å². The number of amides is 1. The summed E-state index contributed by atoms with van der Waals surface area (Å²) < 4.78 is 0. The smallest absolute Gasteiger partial charge is 0.230 e. The molecule has 2 N–H and O–H groups in total. The van der Waals surface area contributed by atoms with E-state index in [1.807, 2.05) is 14.1 Å². The largest absolute Gasteiger partial charge is 0.357 e. The zero-order chi connectivity index (χ0) is 16.1. The number of aliphatic imine (C=N–C) groups is 1. The minimum atomic E-state index is -0.302. The van der Waals surface area contributed by atoms with Gasteiger partial charge in [-0.3, -0.25) is 9.79 Å². The molecule has 0 saturated heterocycles. The van der Waals surface area contributed by atoms with Crippen LogP contribution < -0.4 is 10.6 Å². The van der Waals surface area contributed by atoms with E-state index in [4.69, 9.17) is 4.99 Å². The van der Waals surface area contributed by atoms with Gasteiger partial charge in [0.25, 0.3) is 0 Å². The molecule has 1 rings (SSSR count). The van der Waals surface area contributed by atoms with E-state index in [0.29, 0.717) is 6.54 Å². The summed E-state index contributed by atoms with van der Waals surface area (Å²) in [6.45, 7) is 9.75. The van der Waals surface area contributed by atoms with Crippen molar-refractivity contribution >= 4 is 11.9 Å². The van der Waals surface area contributed by atoms with E-state index in [1.165, 1.54) is 0 Å². The van der Waals surface area contributed by atoms with Gasteiger partial charge in [-0.15, -0.1) is 0 Å². The number of rotatable bonds is 4. The number of guanidine groups is 1. The van der Waals surface area contributed by atoms with Gasteiger partial charge in [-0.05, 0) is 40.5 Å². The van der Waals surface area contributed by atoms with Crippen LogP contribution in [0.25, 0.3) is 0 Å². The average Bonchev–Trinajstić information content (AvgIpc) is 2.83. The first-order valence-corrected chi connectivity index (χ1v) is 7.98. The molecular formula is C16H32N4O. The van der Waals surface area contributed by atoms with Crippen molar-refractivity contribution in [2.45, 2.75) is 58.9 Å². The third-order valence-corrected chi connectivity index (χ3v) is 3.80. The van der Waals surface area contributed by atoms with Crippen LogP contribution in [0.4, 0.5) is 0 Å². The first-order chi connectivity index (χ1) is 9.70. The lowest BCUT2D eigenvalue weighted by atomic mass is 9.85. The molecule has 0 atom stereocenters. The van der Waals surface area contributed by atoms with Crippen LogP contribution in [0.5, 0.6) is 0 Å². The Morgan fingerprint density at radius 1 is 1.24 bits per heavy atom. The molecule has 5 heteroatoms. The normalized spacial score (nSPS) is 18.5. The average molecular weight is 296 g/mol. The van der Waals surface area contributed by atoms with Gasteiger partial charge in [0.15, 0.2) is 5.96 Å². The molecule has 0 heterocycles. The lowest BCUT2D eigenvalue weighted by molar-refractivity contribution is -0.138. The fourth-order valence-electron chi connectivity index (χ4n) is 2.86. The van der Waals surface area contributed by atoms with E-state index in [9.17, 15) is 4.79 Å². The van der Waals surface area contributed by atoms with Crippen LogP contribution >= 0.6 is 0 Å². The molecule has 1 aliphatic rings.